The highest BCUT2D eigenvalue weighted by atomic mass is 79.9. The quantitative estimate of drug-likeness (QED) is 0.839. The van der Waals surface area contributed by atoms with E-state index in [1.807, 2.05) is 12.1 Å². The van der Waals surface area contributed by atoms with Crippen molar-refractivity contribution in [1.29, 1.82) is 0 Å². The van der Waals surface area contributed by atoms with Crippen molar-refractivity contribution in [1.82, 2.24) is 0 Å². The van der Waals surface area contributed by atoms with Crippen LogP contribution >= 0.6 is 27.5 Å². The minimum absolute atomic E-state index is 0.476. The van der Waals surface area contributed by atoms with Crippen molar-refractivity contribution >= 4 is 27.5 Å². The maximum absolute atomic E-state index is 6.06. The Labute approximate surface area is 139 Å². The van der Waals surface area contributed by atoms with E-state index >= 15 is 0 Å². The summed E-state index contributed by atoms with van der Waals surface area (Å²) in [5, 5.41) is 3.24. The first-order valence-electron chi connectivity index (χ1n) is 7.56. The van der Waals surface area contributed by atoms with Crippen LogP contribution in [0.1, 0.15) is 29.9 Å². The first-order valence-corrected chi connectivity index (χ1v) is 8.74. The van der Waals surface area contributed by atoms with Crippen LogP contribution in [0.15, 0.2) is 53.0 Å². The first kappa shape index (κ1) is 15.1. The summed E-state index contributed by atoms with van der Waals surface area (Å²) in [5.41, 5.74) is 2.79. The lowest BCUT2D eigenvalue weighted by Crippen LogP contribution is -2.86. The fraction of sp³-hybridized carbons (Fsp3) is 0.333. The molecule has 0 bridgehead atoms. The van der Waals surface area contributed by atoms with E-state index in [0.717, 1.165) is 15.4 Å². The van der Waals surface area contributed by atoms with Crippen LogP contribution in [0.25, 0.3) is 0 Å². The second-order valence-electron chi connectivity index (χ2n) is 5.78. The number of piperidine rings is 1. The monoisotopic (exact) mass is 364 g/mol. The lowest BCUT2D eigenvalue weighted by molar-refractivity contribution is -0.665. The highest BCUT2D eigenvalue weighted by Crippen LogP contribution is 2.37. The Morgan fingerprint density at radius 2 is 1.43 bits per heavy atom. The molecule has 0 aliphatic carbocycles. The molecule has 2 N–H and O–H groups in total. The summed E-state index contributed by atoms with van der Waals surface area (Å²) in [5.74, 6) is 1.20. The summed E-state index contributed by atoms with van der Waals surface area (Å²) < 4.78 is 1.14. The SMILES string of the molecule is Clc1ccc(C(c2ccc(Br)cc2)C2CC[NH2+]CC2)cc1. The zero-order chi connectivity index (χ0) is 14.7. The maximum Gasteiger partial charge on any atom is 0.0758 e. The van der Waals surface area contributed by atoms with Gasteiger partial charge in [-0.1, -0.05) is 51.8 Å². The van der Waals surface area contributed by atoms with E-state index in [4.69, 9.17) is 11.6 Å². The Hall–Kier alpha value is -0.830. The van der Waals surface area contributed by atoms with E-state index in [1.54, 1.807) is 0 Å². The van der Waals surface area contributed by atoms with Gasteiger partial charge in [0.15, 0.2) is 0 Å². The van der Waals surface area contributed by atoms with Crippen molar-refractivity contribution in [2.24, 2.45) is 5.92 Å². The molecule has 21 heavy (non-hydrogen) atoms. The van der Waals surface area contributed by atoms with Crippen molar-refractivity contribution < 1.29 is 5.32 Å². The van der Waals surface area contributed by atoms with Crippen LogP contribution in [0.4, 0.5) is 0 Å². The van der Waals surface area contributed by atoms with Gasteiger partial charge in [0.1, 0.15) is 0 Å². The molecule has 1 saturated heterocycles. The van der Waals surface area contributed by atoms with Crippen molar-refractivity contribution in [2.75, 3.05) is 13.1 Å². The molecule has 2 aromatic rings. The molecule has 1 aliphatic heterocycles. The van der Waals surface area contributed by atoms with Crippen LogP contribution < -0.4 is 5.32 Å². The van der Waals surface area contributed by atoms with Gasteiger partial charge in [-0.15, -0.1) is 0 Å². The lowest BCUT2D eigenvalue weighted by atomic mass is 9.76. The van der Waals surface area contributed by atoms with Crippen LogP contribution in [0.3, 0.4) is 0 Å². The van der Waals surface area contributed by atoms with Gasteiger partial charge in [0.25, 0.3) is 0 Å². The number of hydrogen-bond acceptors (Lipinski definition) is 0. The third kappa shape index (κ3) is 3.68. The third-order valence-electron chi connectivity index (χ3n) is 4.41. The molecule has 0 aromatic heterocycles. The second-order valence-corrected chi connectivity index (χ2v) is 7.14. The Kier molecular flexibility index (Phi) is 4.99. The van der Waals surface area contributed by atoms with Crippen LogP contribution in [-0.2, 0) is 0 Å². The zero-order valence-corrected chi connectivity index (χ0v) is 14.3. The molecule has 1 nitrogen and oxygen atoms in total. The molecule has 1 unspecified atom stereocenters. The summed E-state index contributed by atoms with van der Waals surface area (Å²) in [7, 11) is 0. The number of rotatable bonds is 3. The van der Waals surface area contributed by atoms with Crippen LogP contribution in [0.2, 0.25) is 5.02 Å². The average Bonchev–Trinajstić information content (AvgIpc) is 2.52. The predicted octanol–water partition coefficient (Wildman–Crippen LogP) is 4.21. The molecule has 110 valence electrons. The molecule has 3 rings (SSSR count). The van der Waals surface area contributed by atoms with Gasteiger partial charge in [-0.05, 0) is 41.3 Å². The molecule has 3 heteroatoms. The fourth-order valence-corrected chi connectivity index (χ4v) is 3.75. The highest BCUT2D eigenvalue weighted by Gasteiger charge is 2.27. The lowest BCUT2D eigenvalue weighted by Gasteiger charge is -2.30. The number of benzene rings is 2. The number of quaternary nitrogens is 1. The Balaban J connectivity index is 1.97. The van der Waals surface area contributed by atoms with Crippen LogP contribution in [0.5, 0.6) is 0 Å². The van der Waals surface area contributed by atoms with Gasteiger partial charge in [-0.25, -0.2) is 0 Å². The summed E-state index contributed by atoms with van der Waals surface area (Å²) in [4.78, 5) is 0. The largest absolute Gasteiger partial charge is 0.346 e. The molecule has 0 saturated carbocycles. The molecule has 1 aliphatic rings. The van der Waals surface area contributed by atoms with Crippen molar-refractivity contribution in [3.05, 3.63) is 69.2 Å². The number of halogens is 2. The number of hydrogen-bond donors (Lipinski definition) is 1. The smallest absolute Gasteiger partial charge is 0.0758 e. The van der Waals surface area contributed by atoms with Crippen LogP contribution in [0, 0.1) is 5.92 Å². The fourth-order valence-electron chi connectivity index (χ4n) is 3.36. The molecule has 1 atom stereocenters. The summed E-state index contributed by atoms with van der Waals surface area (Å²) in [6.07, 6.45) is 2.56. The predicted molar refractivity (Wildman–Crippen MR) is 91.8 cm³/mol. The van der Waals surface area contributed by atoms with Crippen molar-refractivity contribution in [3.63, 3.8) is 0 Å². The van der Waals surface area contributed by atoms with E-state index < -0.39 is 0 Å². The van der Waals surface area contributed by atoms with E-state index in [1.165, 1.54) is 37.1 Å². The summed E-state index contributed by atoms with van der Waals surface area (Å²) in [6.45, 7) is 2.48. The van der Waals surface area contributed by atoms with Gasteiger partial charge in [-0.2, -0.15) is 0 Å². The molecule has 0 spiro atoms. The highest BCUT2D eigenvalue weighted by molar-refractivity contribution is 9.10. The van der Waals surface area contributed by atoms with Gasteiger partial charge in [-0.3, -0.25) is 0 Å². The second kappa shape index (κ2) is 6.95. The van der Waals surface area contributed by atoms with Gasteiger partial charge in [0.2, 0.25) is 0 Å². The zero-order valence-electron chi connectivity index (χ0n) is 11.9. The maximum atomic E-state index is 6.06. The molecular weight excluding hydrogens is 346 g/mol. The Morgan fingerprint density at radius 3 is 2.00 bits per heavy atom. The first-order chi connectivity index (χ1) is 10.2. The van der Waals surface area contributed by atoms with E-state index in [-0.39, 0.29) is 0 Å². The molecule has 2 aromatic carbocycles. The summed E-state index contributed by atoms with van der Waals surface area (Å²) in [6, 6.07) is 17.2. The van der Waals surface area contributed by atoms with Crippen molar-refractivity contribution in [3.8, 4) is 0 Å². The topological polar surface area (TPSA) is 16.6 Å². The normalized spacial score (nSPS) is 17.6. The molecule has 0 amide bonds. The van der Waals surface area contributed by atoms with E-state index in [9.17, 15) is 0 Å². The third-order valence-corrected chi connectivity index (χ3v) is 5.19. The van der Waals surface area contributed by atoms with Gasteiger partial charge in [0, 0.05) is 28.3 Å². The van der Waals surface area contributed by atoms with Crippen LogP contribution in [-0.4, -0.2) is 13.1 Å². The molecular formula is C18H20BrClN+. The Bertz CT molecular complexity index is 528. The number of nitrogens with two attached hydrogens (primary N) is 1. The van der Waals surface area contributed by atoms with Gasteiger partial charge < -0.3 is 5.32 Å². The standard InChI is InChI=1S/C18H19BrClN/c19-16-5-1-13(2-6-16)18(15-9-11-21-12-10-15)14-3-7-17(20)8-4-14/h1-8,15,18,21H,9-12H2/p+1. The summed E-state index contributed by atoms with van der Waals surface area (Å²) >= 11 is 9.59. The molecule has 1 fully saturated rings. The average molecular weight is 366 g/mol. The molecule has 0 radical (unpaired) electrons. The van der Waals surface area contributed by atoms with E-state index in [2.05, 4.69) is 57.6 Å². The van der Waals surface area contributed by atoms with Gasteiger partial charge in [0.05, 0.1) is 13.1 Å². The minimum atomic E-state index is 0.476. The van der Waals surface area contributed by atoms with Gasteiger partial charge >= 0.3 is 0 Å². The molecule has 1 heterocycles. The van der Waals surface area contributed by atoms with Crippen molar-refractivity contribution in [2.45, 2.75) is 18.8 Å². The minimum Gasteiger partial charge on any atom is -0.346 e. The Morgan fingerprint density at radius 1 is 0.905 bits per heavy atom. The van der Waals surface area contributed by atoms with E-state index in [0.29, 0.717) is 5.92 Å².